The van der Waals surface area contributed by atoms with Gasteiger partial charge in [0.1, 0.15) is 6.04 Å². The first-order valence-corrected chi connectivity index (χ1v) is 5.98. The lowest BCUT2D eigenvalue weighted by atomic mass is 10.00. The van der Waals surface area contributed by atoms with E-state index in [0.29, 0.717) is 10.6 Å². The van der Waals surface area contributed by atoms with Gasteiger partial charge in [-0.05, 0) is 28.1 Å². The van der Waals surface area contributed by atoms with Crippen molar-refractivity contribution >= 4 is 23.5 Å². The Balaban J connectivity index is 2.50. The Morgan fingerprint density at radius 3 is 2.60 bits per heavy atom. The van der Waals surface area contributed by atoms with E-state index in [0.717, 1.165) is 0 Å². The molecule has 104 valence electrons. The van der Waals surface area contributed by atoms with E-state index in [1.165, 1.54) is 11.8 Å². The van der Waals surface area contributed by atoms with Gasteiger partial charge >= 0.3 is 5.97 Å². The number of carbonyl (C=O) groups is 1. The van der Waals surface area contributed by atoms with Gasteiger partial charge in [-0.15, -0.1) is 0 Å². The third-order valence-electron chi connectivity index (χ3n) is 2.73. The third kappa shape index (κ3) is 2.62. The zero-order valence-corrected chi connectivity index (χ0v) is 11.4. The number of esters is 1. The van der Waals surface area contributed by atoms with E-state index in [4.69, 9.17) is 17.3 Å². The van der Waals surface area contributed by atoms with Crippen molar-refractivity contribution < 1.29 is 9.53 Å². The van der Waals surface area contributed by atoms with Gasteiger partial charge in [-0.1, -0.05) is 35.4 Å². The highest BCUT2D eigenvalue weighted by molar-refractivity contribution is 6.30. The molecule has 0 aliphatic rings. The molecule has 1 heterocycles. The number of benzene rings is 1. The van der Waals surface area contributed by atoms with Crippen LogP contribution in [0.2, 0.25) is 5.02 Å². The van der Waals surface area contributed by atoms with Crippen LogP contribution in [0.25, 0.3) is 0 Å². The zero-order valence-electron chi connectivity index (χ0n) is 10.7. The van der Waals surface area contributed by atoms with Gasteiger partial charge in [0.15, 0.2) is 0 Å². The molecule has 0 spiro atoms. The number of anilines is 1. The van der Waals surface area contributed by atoms with Gasteiger partial charge in [0.05, 0.1) is 12.7 Å². The molecule has 0 radical (unpaired) electrons. The SMILES string of the molecule is C=C(C(=O)OC)C(c1ccc(Cl)cc1)n1nnnc1N. The normalized spacial score (nSPS) is 11.9. The molecule has 1 atom stereocenters. The maximum atomic E-state index is 11.7. The Labute approximate surface area is 120 Å². The van der Waals surface area contributed by atoms with Gasteiger partial charge < -0.3 is 10.5 Å². The summed E-state index contributed by atoms with van der Waals surface area (Å²) in [6.07, 6.45) is 0. The van der Waals surface area contributed by atoms with Crippen LogP contribution in [-0.2, 0) is 9.53 Å². The van der Waals surface area contributed by atoms with Crippen LogP contribution < -0.4 is 5.73 Å². The number of hydrogen-bond donors (Lipinski definition) is 1. The minimum Gasteiger partial charge on any atom is -0.466 e. The van der Waals surface area contributed by atoms with E-state index >= 15 is 0 Å². The number of halogens is 1. The van der Waals surface area contributed by atoms with Crippen LogP contribution in [0.3, 0.4) is 0 Å². The highest BCUT2D eigenvalue weighted by Gasteiger charge is 2.26. The molecular weight excluding hydrogens is 282 g/mol. The molecule has 2 N–H and O–H groups in total. The summed E-state index contributed by atoms with van der Waals surface area (Å²) in [4.78, 5) is 11.7. The molecule has 7 nitrogen and oxygen atoms in total. The summed E-state index contributed by atoms with van der Waals surface area (Å²) in [6.45, 7) is 3.74. The highest BCUT2D eigenvalue weighted by Crippen LogP contribution is 2.27. The second kappa shape index (κ2) is 5.70. The van der Waals surface area contributed by atoms with Crippen molar-refractivity contribution in [2.45, 2.75) is 6.04 Å². The average Bonchev–Trinajstić information content (AvgIpc) is 2.86. The van der Waals surface area contributed by atoms with Crippen LogP contribution in [0.15, 0.2) is 36.4 Å². The van der Waals surface area contributed by atoms with Crippen LogP contribution >= 0.6 is 11.6 Å². The van der Waals surface area contributed by atoms with Crippen LogP contribution in [0, 0.1) is 0 Å². The molecule has 2 aromatic rings. The number of carbonyl (C=O) groups excluding carboxylic acids is 1. The first-order valence-electron chi connectivity index (χ1n) is 5.60. The van der Waals surface area contributed by atoms with Gasteiger partial charge in [-0.3, -0.25) is 0 Å². The number of nitrogen functional groups attached to an aromatic ring is 1. The van der Waals surface area contributed by atoms with Crippen molar-refractivity contribution in [1.29, 1.82) is 0 Å². The van der Waals surface area contributed by atoms with Crippen LogP contribution in [-0.4, -0.2) is 33.3 Å². The predicted molar refractivity (Wildman–Crippen MR) is 73.0 cm³/mol. The highest BCUT2D eigenvalue weighted by atomic mass is 35.5. The van der Waals surface area contributed by atoms with Crippen molar-refractivity contribution in [3.8, 4) is 0 Å². The quantitative estimate of drug-likeness (QED) is 0.673. The maximum absolute atomic E-state index is 11.7. The van der Waals surface area contributed by atoms with E-state index in [9.17, 15) is 4.79 Å². The number of nitrogens with zero attached hydrogens (tertiary/aromatic N) is 4. The van der Waals surface area contributed by atoms with Crippen molar-refractivity contribution in [2.24, 2.45) is 0 Å². The minimum absolute atomic E-state index is 0.0648. The first-order chi connectivity index (χ1) is 9.54. The Morgan fingerprint density at radius 1 is 1.45 bits per heavy atom. The fourth-order valence-electron chi connectivity index (χ4n) is 1.76. The minimum atomic E-state index is -0.658. The van der Waals surface area contributed by atoms with Crippen LogP contribution in [0.1, 0.15) is 11.6 Å². The van der Waals surface area contributed by atoms with Crippen LogP contribution in [0.5, 0.6) is 0 Å². The molecular formula is C12H12ClN5O2. The zero-order chi connectivity index (χ0) is 14.7. The lowest BCUT2D eigenvalue weighted by molar-refractivity contribution is -0.136. The summed E-state index contributed by atoms with van der Waals surface area (Å²) in [5.41, 5.74) is 6.57. The maximum Gasteiger partial charge on any atom is 0.335 e. The molecule has 8 heteroatoms. The van der Waals surface area contributed by atoms with Gasteiger partial charge in [-0.25, -0.2) is 4.79 Å². The Morgan fingerprint density at radius 2 is 2.10 bits per heavy atom. The number of tetrazole rings is 1. The molecule has 0 saturated heterocycles. The average molecular weight is 294 g/mol. The summed E-state index contributed by atoms with van der Waals surface area (Å²) < 4.78 is 5.98. The molecule has 0 saturated carbocycles. The molecule has 1 aromatic carbocycles. The van der Waals surface area contributed by atoms with Crippen molar-refractivity contribution in [3.05, 3.63) is 47.0 Å². The Kier molecular flexibility index (Phi) is 3.99. The molecule has 0 aliphatic heterocycles. The number of aromatic nitrogens is 4. The van der Waals surface area contributed by atoms with Crippen LogP contribution in [0.4, 0.5) is 5.95 Å². The molecule has 2 rings (SSSR count). The Bertz CT molecular complexity index is 638. The Hall–Kier alpha value is -2.41. The number of ether oxygens (including phenoxy) is 1. The fourth-order valence-corrected chi connectivity index (χ4v) is 1.89. The standard InChI is InChI=1S/C12H12ClN5O2/c1-7(11(19)20-2)10(18-12(14)15-16-17-18)8-3-5-9(13)6-4-8/h3-6,10H,1H2,2H3,(H2,14,15,17). The molecule has 1 aromatic heterocycles. The lowest BCUT2D eigenvalue weighted by Crippen LogP contribution is -2.21. The van der Waals surface area contributed by atoms with Crippen molar-refractivity contribution in [3.63, 3.8) is 0 Å². The number of nitrogens with two attached hydrogens (primary N) is 1. The van der Waals surface area contributed by atoms with Gasteiger partial charge in [0, 0.05) is 5.02 Å². The van der Waals surface area contributed by atoms with E-state index in [2.05, 4.69) is 26.8 Å². The monoisotopic (exact) mass is 293 g/mol. The molecule has 0 bridgehead atoms. The van der Waals surface area contributed by atoms with E-state index in [1.54, 1.807) is 24.3 Å². The van der Waals surface area contributed by atoms with E-state index in [1.807, 2.05) is 0 Å². The topological polar surface area (TPSA) is 95.9 Å². The second-order valence-corrected chi connectivity index (χ2v) is 4.39. The smallest absolute Gasteiger partial charge is 0.335 e. The second-order valence-electron chi connectivity index (χ2n) is 3.95. The van der Waals surface area contributed by atoms with Gasteiger partial charge in [0.2, 0.25) is 5.95 Å². The van der Waals surface area contributed by atoms with Gasteiger partial charge in [0.25, 0.3) is 0 Å². The lowest BCUT2D eigenvalue weighted by Gasteiger charge is -2.18. The summed E-state index contributed by atoms with van der Waals surface area (Å²) in [5, 5.41) is 11.4. The predicted octanol–water partition coefficient (Wildman–Crippen LogP) is 1.23. The number of rotatable bonds is 4. The number of methoxy groups -OCH3 is 1. The largest absolute Gasteiger partial charge is 0.466 e. The van der Waals surface area contributed by atoms with Crippen molar-refractivity contribution in [1.82, 2.24) is 20.2 Å². The molecule has 0 fully saturated rings. The molecule has 1 unspecified atom stereocenters. The fraction of sp³-hybridized carbons (Fsp3) is 0.167. The molecule has 0 aliphatic carbocycles. The molecule has 0 amide bonds. The first kappa shape index (κ1) is 14.0. The molecule has 20 heavy (non-hydrogen) atoms. The number of hydrogen-bond acceptors (Lipinski definition) is 6. The summed E-state index contributed by atoms with van der Waals surface area (Å²) >= 11 is 5.86. The van der Waals surface area contributed by atoms with E-state index < -0.39 is 12.0 Å². The van der Waals surface area contributed by atoms with Crippen molar-refractivity contribution in [2.75, 3.05) is 12.8 Å². The third-order valence-corrected chi connectivity index (χ3v) is 2.98. The summed E-state index contributed by atoms with van der Waals surface area (Å²) in [6, 6.07) is 6.20. The summed E-state index contributed by atoms with van der Waals surface area (Å²) in [5.74, 6) is -0.505. The summed E-state index contributed by atoms with van der Waals surface area (Å²) in [7, 11) is 1.27. The van der Waals surface area contributed by atoms with Gasteiger partial charge in [-0.2, -0.15) is 4.68 Å². The van der Waals surface area contributed by atoms with E-state index in [-0.39, 0.29) is 11.5 Å².